The molecule has 0 atom stereocenters. The van der Waals surface area contributed by atoms with Crippen molar-refractivity contribution >= 4 is 21.8 Å². The third kappa shape index (κ3) is 2.90. The fraction of sp³-hybridized carbons (Fsp3) is 0.400. The van der Waals surface area contributed by atoms with Crippen LogP contribution in [0.15, 0.2) is 29.2 Å². The van der Waals surface area contributed by atoms with Crippen molar-refractivity contribution < 1.29 is 22.7 Å². The quantitative estimate of drug-likeness (QED) is 0.749. The Morgan fingerprint density at radius 2 is 1.78 bits per heavy atom. The number of fused-ring (bicyclic) bond motifs is 1. The summed E-state index contributed by atoms with van der Waals surface area (Å²) in [5.41, 5.74) is 1.19. The summed E-state index contributed by atoms with van der Waals surface area (Å²) in [5.74, 6) is -0.892. The summed E-state index contributed by atoms with van der Waals surface area (Å²) < 4.78 is 32.8. The molecule has 1 heterocycles. The first-order valence-corrected chi connectivity index (χ1v) is 10.2. The van der Waals surface area contributed by atoms with Crippen LogP contribution in [0.3, 0.4) is 0 Å². The third-order valence-electron chi connectivity index (χ3n) is 4.94. The van der Waals surface area contributed by atoms with Crippen molar-refractivity contribution in [3.05, 3.63) is 52.3 Å². The molecule has 2 aromatic rings. The molecule has 27 heavy (non-hydrogen) atoms. The SMILES string of the molecule is CCOC(=O)c1c2c(n(S(=O)(=O)c3ccc(C)cc3)c1C)C(=O)CC2(C)C. The van der Waals surface area contributed by atoms with E-state index in [4.69, 9.17) is 4.74 Å². The molecule has 0 bridgehead atoms. The van der Waals surface area contributed by atoms with Gasteiger partial charge in [0.05, 0.1) is 17.1 Å². The van der Waals surface area contributed by atoms with Crippen LogP contribution in [0.1, 0.15) is 64.9 Å². The number of esters is 1. The van der Waals surface area contributed by atoms with Crippen molar-refractivity contribution in [3.8, 4) is 0 Å². The molecule has 1 aliphatic rings. The molecule has 0 unspecified atom stereocenters. The van der Waals surface area contributed by atoms with Crippen LogP contribution in [-0.4, -0.2) is 30.7 Å². The number of ketones is 1. The number of nitrogens with zero attached hydrogens (tertiary/aromatic N) is 1. The molecule has 1 aromatic carbocycles. The Balaban J connectivity index is 2.35. The zero-order chi connectivity index (χ0) is 20.1. The van der Waals surface area contributed by atoms with E-state index in [1.807, 2.05) is 20.8 Å². The van der Waals surface area contributed by atoms with Crippen molar-refractivity contribution in [1.29, 1.82) is 0 Å². The summed E-state index contributed by atoms with van der Waals surface area (Å²) in [6, 6.07) is 6.41. The van der Waals surface area contributed by atoms with Gasteiger partial charge in [0.25, 0.3) is 10.0 Å². The maximum atomic E-state index is 13.3. The molecule has 1 aromatic heterocycles. The Morgan fingerprint density at radius 1 is 1.19 bits per heavy atom. The van der Waals surface area contributed by atoms with Gasteiger partial charge in [-0.15, -0.1) is 0 Å². The van der Waals surface area contributed by atoms with Crippen LogP contribution in [0, 0.1) is 13.8 Å². The Kier molecular flexibility index (Phi) is 4.54. The van der Waals surface area contributed by atoms with Crippen molar-refractivity contribution in [1.82, 2.24) is 3.97 Å². The van der Waals surface area contributed by atoms with Crippen LogP contribution in [-0.2, 0) is 20.2 Å². The van der Waals surface area contributed by atoms with Gasteiger partial charge in [-0.05, 0) is 32.9 Å². The van der Waals surface area contributed by atoms with Crippen LogP contribution in [0.5, 0.6) is 0 Å². The highest BCUT2D eigenvalue weighted by Crippen LogP contribution is 2.44. The highest BCUT2D eigenvalue weighted by atomic mass is 32.2. The molecular weight excluding hydrogens is 366 g/mol. The summed E-state index contributed by atoms with van der Waals surface area (Å²) in [4.78, 5) is 25.4. The van der Waals surface area contributed by atoms with Crippen LogP contribution in [0.2, 0.25) is 0 Å². The van der Waals surface area contributed by atoms with Crippen LogP contribution in [0.4, 0.5) is 0 Å². The predicted octanol–water partition coefficient (Wildman–Crippen LogP) is 3.38. The molecular formula is C20H23NO5S. The number of rotatable bonds is 4. The number of hydrogen-bond acceptors (Lipinski definition) is 5. The lowest BCUT2D eigenvalue weighted by Gasteiger charge is -2.18. The minimum absolute atomic E-state index is 0.0705. The van der Waals surface area contributed by atoms with Gasteiger partial charge in [0.15, 0.2) is 5.78 Å². The van der Waals surface area contributed by atoms with Crippen molar-refractivity contribution in [3.63, 3.8) is 0 Å². The molecule has 1 aliphatic carbocycles. The fourth-order valence-corrected chi connectivity index (χ4v) is 5.30. The normalized spacial score (nSPS) is 15.7. The van der Waals surface area contributed by atoms with Gasteiger partial charge in [0.1, 0.15) is 5.69 Å². The van der Waals surface area contributed by atoms with E-state index in [2.05, 4.69) is 0 Å². The minimum atomic E-state index is -4.03. The monoisotopic (exact) mass is 389 g/mol. The summed E-state index contributed by atoms with van der Waals surface area (Å²) in [6.07, 6.45) is 0.147. The van der Waals surface area contributed by atoms with Crippen molar-refractivity contribution in [2.75, 3.05) is 6.61 Å². The topological polar surface area (TPSA) is 82.4 Å². The van der Waals surface area contributed by atoms with Crippen molar-refractivity contribution in [2.45, 2.75) is 51.3 Å². The molecule has 0 fully saturated rings. The second kappa shape index (κ2) is 6.34. The molecule has 7 heteroatoms. The largest absolute Gasteiger partial charge is 0.462 e. The molecule has 3 rings (SSSR count). The first-order valence-electron chi connectivity index (χ1n) is 8.80. The molecule has 0 amide bonds. The van der Waals surface area contributed by atoms with Gasteiger partial charge < -0.3 is 4.74 Å². The average Bonchev–Trinajstić information content (AvgIpc) is 3.00. The van der Waals surface area contributed by atoms with Gasteiger partial charge in [-0.1, -0.05) is 31.5 Å². The number of hydrogen-bond donors (Lipinski definition) is 0. The van der Waals surface area contributed by atoms with E-state index in [9.17, 15) is 18.0 Å². The van der Waals surface area contributed by atoms with Gasteiger partial charge in [-0.3, -0.25) is 4.79 Å². The van der Waals surface area contributed by atoms with Gasteiger partial charge in [0.2, 0.25) is 0 Å². The molecule has 6 nitrogen and oxygen atoms in total. The van der Waals surface area contributed by atoms with Crippen LogP contribution in [0.25, 0.3) is 0 Å². The second-order valence-corrected chi connectivity index (χ2v) is 9.26. The number of Topliss-reactive ketones (excluding diaryl/α,β-unsaturated/α-hetero) is 1. The van der Waals surface area contributed by atoms with Gasteiger partial charge >= 0.3 is 5.97 Å². The average molecular weight is 389 g/mol. The highest BCUT2D eigenvalue weighted by molar-refractivity contribution is 7.90. The molecule has 0 aliphatic heterocycles. The molecule has 0 spiro atoms. The predicted molar refractivity (Wildman–Crippen MR) is 101 cm³/mol. The number of carbonyl (C=O) groups is 2. The van der Waals surface area contributed by atoms with E-state index in [0.29, 0.717) is 5.56 Å². The maximum absolute atomic E-state index is 13.3. The number of ether oxygens (including phenoxy) is 1. The molecule has 0 saturated carbocycles. The first-order chi connectivity index (χ1) is 12.5. The van der Waals surface area contributed by atoms with E-state index in [1.54, 1.807) is 26.0 Å². The van der Waals surface area contributed by atoms with E-state index in [0.717, 1.165) is 9.54 Å². The van der Waals surface area contributed by atoms with Crippen molar-refractivity contribution in [2.24, 2.45) is 0 Å². The van der Waals surface area contributed by atoms with Crippen LogP contribution >= 0.6 is 0 Å². The number of carbonyl (C=O) groups excluding carboxylic acids is 2. The van der Waals surface area contributed by atoms with E-state index >= 15 is 0 Å². The summed E-state index contributed by atoms with van der Waals surface area (Å²) in [7, 11) is -4.03. The van der Waals surface area contributed by atoms with E-state index in [-0.39, 0.29) is 40.7 Å². The zero-order valence-corrected chi connectivity index (χ0v) is 16.9. The summed E-state index contributed by atoms with van der Waals surface area (Å²) in [6.45, 7) is 8.92. The lowest BCUT2D eigenvalue weighted by molar-refractivity contribution is 0.0522. The van der Waals surface area contributed by atoms with Gasteiger partial charge in [0, 0.05) is 23.1 Å². The van der Waals surface area contributed by atoms with Crippen LogP contribution < -0.4 is 0 Å². The summed E-state index contributed by atoms with van der Waals surface area (Å²) in [5, 5.41) is 0. The summed E-state index contributed by atoms with van der Waals surface area (Å²) >= 11 is 0. The number of aromatic nitrogens is 1. The number of aryl methyl sites for hydroxylation is 1. The Morgan fingerprint density at radius 3 is 2.33 bits per heavy atom. The lowest BCUT2D eigenvalue weighted by atomic mass is 9.84. The molecule has 0 N–H and O–H groups in total. The molecule has 0 radical (unpaired) electrons. The molecule has 0 saturated heterocycles. The van der Waals surface area contributed by atoms with E-state index < -0.39 is 21.4 Å². The minimum Gasteiger partial charge on any atom is -0.462 e. The van der Waals surface area contributed by atoms with Gasteiger partial charge in [-0.2, -0.15) is 0 Å². The maximum Gasteiger partial charge on any atom is 0.340 e. The first kappa shape index (κ1) is 19.4. The smallest absolute Gasteiger partial charge is 0.340 e. The molecule has 144 valence electrons. The fourth-order valence-electron chi connectivity index (χ4n) is 3.72. The third-order valence-corrected chi connectivity index (χ3v) is 6.74. The highest BCUT2D eigenvalue weighted by Gasteiger charge is 2.46. The second-order valence-electron chi connectivity index (χ2n) is 7.47. The Labute approximate surface area is 159 Å². The standard InChI is InChI=1S/C20H23NO5S/c1-6-26-19(23)16-13(3)21(18-15(22)11-20(4,5)17(16)18)27(24,25)14-9-7-12(2)8-10-14/h7-10H,6,11H2,1-5H3. The Bertz CT molecular complexity index is 1040. The number of benzene rings is 1. The Hall–Kier alpha value is -2.41. The van der Waals surface area contributed by atoms with E-state index in [1.165, 1.54) is 12.1 Å². The lowest BCUT2D eigenvalue weighted by Crippen LogP contribution is -2.21. The van der Waals surface area contributed by atoms with Gasteiger partial charge in [-0.25, -0.2) is 17.2 Å². The zero-order valence-electron chi connectivity index (χ0n) is 16.1.